The highest BCUT2D eigenvalue weighted by Crippen LogP contribution is 2.31. The summed E-state index contributed by atoms with van der Waals surface area (Å²) >= 11 is 1.76. The highest BCUT2D eigenvalue weighted by molar-refractivity contribution is 7.17. The van der Waals surface area contributed by atoms with Crippen molar-refractivity contribution in [3.8, 4) is 0 Å². The van der Waals surface area contributed by atoms with Crippen molar-refractivity contribution in [1.82, 2.24) is 15.2 Å². The van der Waals surface area contributed by atoms with Gasteiger partial charge < -0.3 is 15.1 Å². The van der Waals surface area contributed by atoms with Crippen LogP contribution in [-0.4, -0.2) is 55.1 Å². The number of hydrogen-bond donors (Lipinski definition) is 1. The highest BCUT2D eigenvalue weighted by Gasteiger charge is 2.26. The minimum atomic E-state index is 0.143. The van der Waals surface area contributed by atoms with Gasteiger partial charge in [-0.25, -0.2) is 4.98 Å². The van der Waals surface area contributed by atoms with Crippen molar-refractivity contribution in [2.45, 2.75) is 57.4 Å². The van der Waals surface area contributed by atoms with Crippen LogP contribution in [0, 0.1) is 5.92 Å². The third kappa shape index (κ3) is 5.10. The normalized spacial score (nSPS) is 19.2. The monoisotopic (exact) mass is 414 g/mol. The minimum Gasteiger partial charge on any atom is -0.356 e. The molecule has 4 rings (SSSR count). The molecule has 2 aliphatic rings. The summed E-state index contributed by atoms with van der Waals surface area (Å²) in [6.45, 7) is 3.69. The van der Waals surface area contributed by atoms with Crippen LogP contribution < -0.4 is 10.2 Å². The van der Waals surface area contributed by atoms with E-state index < -0.39 is 0 Å². The Morgan fingerprint density at radius 3 is 2.79 bits per heavy atom. The molecular formula is C23H34N4OS. The average Bonchev–Trinajstić information content (AvgIpc) is 3.26. The van der Waals surface area contributed by atoms with Gasteiger partial charge in [-0.3, -0.25) is 4.79 Å². The van der Waals surface area contributed by atoms with Crippen LogP contribution in [0.5, 0.6) is 0 Å². The zero-order valence-electron chi connectivity index (χ0n) is 17.6. The number of rotatable bonds is 7. The van der Waals surface area contributed by atoms with Crippen molar-refractivity contribution in [3.63, 3.8) is 0 Å². The van der Waals surface area contributed by atoms with Crippen LogP contribution in [0.15, 0.2) is 23.7 Å². The van der Waals surface area contributed by atoms with Crippen LogP contribution in [0.1, 0.15) is 51.4 Å². The number of carbonyl (C=O) groups is 1. The Labute approximate surface area is 178 Å². The van der Waals surface area contributed by atoms with Crippen LogP contribution in [0.4, 0.5) is 5.82 Å². The number of pyridine rings is 1. The summed E-state index contributed by atoms with van der Waals surface area (Å²) in [5.74, 6) is 1.46. The molecule has 2 fully saturated rings. The van der Waals surface area contributed by atoms with E-state index in [2.05, 4.69) is 44.7 Å². The van der Waals surface area contributed by atoms with E-state index in [1.807, 2.05) is 6.20 Å². The van der Waals surface area contributed by atoms with Crippen molar-refractivity contribution in [2.75, 3.05) is 38.1 Å². The van der Waals surface area contributed by atoms with Gasteiger partial charge in [0, 0.05) is 47.9 Å². The minimum absolute atomic E-state index is 0.143. The number of fused-ring (bicyclic) bond motifs is 1. The first-order valence-electron chi connectivity index (χ1n) is 11.3. The molecule has 0 unspecified atom stereocenters. The molecule has 0 radical (unpaired) electrons. The molecule has 1 aliphatic carbocycles. The molecule has 0 bridgehead atoms. The van der Waals surface area contributed by atoms with Gasteiger partial charge in [0.25, 0.3) is 0 Å². The summed E-state index contributed by atoms with van der Waals surface area (Å²) < 4.78 is 1.29. The molecule has 1 saturated carbocycles. The Bertz CT molecular complexity index is 793. The van der Waals surface area contributed by atoms with E-state index in [-0.39, 0.29) is 11.8 Å². The third-order valence-corrected chi connectivity index (χ3v) is 7.59. The van der Waals surface area contributed by atoms with Crippen molar-refractivity contribution in [1.29, 1.82) is 0 Å². The average molecular weight is 415 g/mol. The number of hydrogen-bond acceptors (Lipinski definition) is 5. The van der Waals surface area contributed by atoms with Gasteiger partial charge >= 0.3 is 0 Å². The van der Waals surface area contributed by atoms with Crippen LogP contribution in [-0.2, 0) is 4.79 Å². The zero-order chi connectivity index (χ0) is 20.1. The first-order chi connectivity index (χ1) is 14.2. The number of anilines is 1. The number of nitrogens with zero attached hydrogens (tertiary/aromatic N) is 3. The van der Waals surface area contributed by atoms with E-state index in [1.54, 1.807) is 11.3 Å². The highest BCUT2D eigenvalue weighted by atomic mass is 32.1. The molecule has 1 saturated heterocycles. The van der Waals surface area contributed by atoms with Gasteiger partial charge in [0.2, 0.25) is 5.91 Å². The van der Waals surface area contributed by atoms with Crippen molar-refractivity contribution in [2.24, 2.45) is 5.92 Å². The third-order valence-electron chi connectivity index (χ3n) is 6.71. The predicted molar refractivity (Wildman–Crippen MR) is 122 cm³/mol. The molecule has 5 nitrogen and oxygen atoms in total. The summed E-state index contributed by atoms with van der Waals surface area (Å²) in [5.41, 5.74) is 0. The first-order valence-corrected chi connectivity index (χ1v) is 12.2. The molecule has 1 aliphatic heterocycles. The number of thiophene rings is 1. The van der Waals surface area contributed by atoms with Gasteiger partial charge in [-0.15, -0.1) is 11.3 Å². The maximum atomic E-state index is 12.6. The van der Waals surface area contributed by atoms with E-state index in [4.69, 9.17) is 0 Å². The second kappa shape index (κ2) is 9.90. The maximum Gasteiger partial charge on any atom is 0.223 e. The zero-order valence-corrected chi connectivity index (χ0v) is 18.4. The Morgan fingerprint density at radius 1 is 1.21 bits per heavy atom. The molecule has 2 aromatic heterocycles. The molecule has 1 amide bonds. The summed E-state index contributed by atoms with van der Waals surface area (Å²) in [6, 6.07) is 4.99. The second-order valence-electron chi connectivity index (χ2n) is 8.65. The lowest BCUT2D eigenvalue weighted by atomic mass is 9.94. The molecule has 29 heavy (non-hydrogen) atoms. The van der Waals surface area contributed by atoms with E-state index >= 15 is 0 Å². The van der Waals surface area contributed by atoms with E-state index in [9.17, 15) is 4.79 Å². The van der Waals surface area contributed by atoms with Gasteiger partial charge in [-0.2, -0.15) is 0 Å². The number of nitrogens with one attached hydrogen (secondary N) is 1. The quantitative estimate of drug-likeness (QED) is 0.687. The largest absolute Gasteiger partial charge is 0.356 e. The van der Waals surface area contributed by atoms with Crippen molar-refractivity contribution in [3.05, 3.63) is 23.7 Å². The van der Waals surface area contributed by atoms with Gasteiger partial charge in [-0.05, 0) is 63.2 Å². The maximum absolute atomic E-state index is 12.6. The number of carbonyl (C=O) groups excluding carboxylic acids is 1. The number of aromatic nitrogens is 1. The second-order valence-corrected chi connectivity index (χ2v) is 9.59. The van der Waals surface area contributed by atoms with E-state index in [1.165, 1.54) is 42.2 Å². The molecule has 158 valence electrons. The molecule has 0 aromatic carbocycles. The van der Waals surface area contributed by atoms with Gasteiger partial charge in [0.1, 0.15) is 5.82 Å². The predicted octanol–water partition coefficient (Wildman–Crippen LogP) is 4.28. The summed E-state index contributed by atoms with van der Waals surface area (Å²) in [7, 11) is 2.25. The molecule has 6 heteroatoms. The Kier molecular flexibility index (Phi) is 7.03. The topological polar surface area (TPSA) is 48.5 Å². The van der Waals surface area contributed by atoms with Gasteiger partial charge in [0.05, 0.1) is 0 Å². The molecule has 3 heterocycles. The Balaban J connectivity index is 1.18. The first kappa shape index (κ1) is 20.6. The van der Waals surface area contributed by atoms with Gasteiger partial charge in [-0.1, -0.05) is 19.3 Å². The smallest absolute Gasteiger partial charge is 0.223 e. The van der Waals surface area contributed by atoms with Crippen LogP contribution >= 0.6 is 11.3 Å². The lowest BCUT2D eigenvalue weighted by Crippen LogP contribution is -2.41. The fourth-order valence-electron chi connectivity index (χ4n) is 4.87. The molecule has 2 aromatic rings. The van der Waals surface area contributed by atoms with E-state index in [0.29, 0.717) is 0 Å². The Hall–Kier alpha value is -1.66. The van der Waals surface area contributed by atoms with E-state index in [0.717, 1.165) is 57.3 Å². The summed E-state index contributed by atoms with van der Waals surface area (Å²) in [4.78, 5) is 22.1. The van der Waals surface area contributed by atoms with Crippen LogP contribution in [0.2, 0.25) is 0 Å². The lowest BCUT2D eigenvalue weighted by molar-refractivity contribution is -0.125. The SMILES string of the molecule is CN(CCCNC(=O)C1CCN(c2nccc3sccc23)CC1)C1CCCCC1. The molecule has 1 N–H and O–H groups in total. The van der Waals surface area contributed by atoms with Crippen LogP contribution in [0.25, 0.3) is 10.1 Å². The molecule has 0 spiro atoms. The number of piperidine rings is 1. The Morgan fingerprint density at radius 2 is 2.00 bits per heavy atom. The van der Waals surface area contributed by atoms with Crippen LogP contribution in [0.3, 0.4) is 0 Å². The standard InChI is InChI=1S/C23H34N4OS/c1-26(19-6-3-2-4-7-19)14-5-12-25-23(28)18-9-15-27(16-10-18)22-20-11-17-29-21(20)8-13-24-22/h8,11,13,17-19H,2-7,9-10,12,14-16H2,1H3,(H,25,28). The fourth-order valence-corrected chi connectivity index (χ4v) is 5.65. The van der Waals surface area contributed by atoms with Crippen molar-refractivity contribution < 1.29 is 4.79 Å². The lowest BCUT2D eigenvalue weighted by Gasteiger charge is -2.33. The summed E-state index contributed by atoms with van der Waals surface area (Å²) in [6.07, 6.45) is 11.6. The fraction of sp³-hybridized carbons (Fsp3) is 0.652. The van der Waals surface area contributed by atoms with Crippen molar-refractivity contribution >= 4 is 33.1 Å². The molecule has 0 atom stereocenters. The number of amides is 1. The summed E-state index contributed by atoms with van der Waals surface area (Å²) in [5, 5.41) is 6.56. The molecular weight excluding hydrogens is 380 g/mol. The van der Waals surface area contributed by atoms with Gasteiger partial charge in [0.15, 0.2) is 0 Å².